The summed E-state index contributed by atoms with van der Waals surface area (Å²) in [7, 11) is 0. The molecule has 1 fully saturated rings. The number of rotatable bonds is 7. The van der Waals surface area contributed by atoms with Gasteiger partial charge in [0.15, 0.2) is 11.6 Å². The van der Waals surface area contributed by atoms with Crippen LogP contribution in [0.1, 0.15) is 55.7 Å². The maximum absolute atomic E-state index is 14.7. The van der Waals surface area contributed by atoms with Crippen molar-refractivity contribution in [3.8, 4) is 0 Å². The Bertz CT molecular complexity index is 1710. The minimum absolute atomic E-state index is 0.0820. The molecule has 5 aromatic carbocycles. The number of hydrogen-bond acceptors (Lipinski definition) is 3. The minimum atomic E-state index is -1.60. The van der Waals surface area contributed by atoms with E-state index in [1.165, 1.54) is 0 Å². The molecule has 3 nitrogen and oxygen atoms in total. The SMILES string of the molecule is O=C(c1ccccc1)[C@H]1[C@@H](c2ccc(Cl)cc2)[C@H](C(=O)c2ccccc2)[C@@](O)(c2ccccc2)C[C@@H]1c1ccc(Cl)cc1. The molecule has 0 heterocycles. The van der Waals surface area contributed by atoms with E-state index in [-0.39, 0.29) is 18.0 Å². The summed E-state index contributed by atoms with van der Waals surface area (Å²) in [4.78, 5) is 29.4. The number of carbonyl (C=O) groups excluding carboxylic acids is 2. The highest BCUT2D eigenvalue weighted by Crippen LogP contribution is 2.58. The van der Waals surface area contributed by atoms with Crippen molar-refractivity contribution < 1.29 is 14.7 Å². The van der Waals surface area contributed by atoms with Crippen LogP contribution in [0, 0.1) is 11.8 Å². The van der Waals surface area contributed by atoms with Gasteiger partial charge in [0.25, 0.3) is 0 Å². The topological polar surface area (TPSA) is 54.4 Å². The molecule has 214 valence electrons. The number of ketones is 2. The Morgan fingerprint density at radius 2 is 1.02 bits per heavy atom. The maximum Gasteiger partial charge on any atom is 0.169 e. The van der Waals surface area contributed by atoms with Crippen LogP contribution in [0.5, 0.6) is 0 Å². The lowest BCUT2D eigenvalue weighted by molar-refractivity contribution is -0.0690. The molecule has 0 unspecified atom stereocenters. The number of hydrogen-bond donors (Lipinski definition) is 1. The van der Waals surface area contributed by atoms with Gasteiger partial charge in [0.1, 0.15) is 5.60 Å². The van der Waals surface area contributed by atoms with Crippen LogP contribution in [0.4, 0.5) is 0 Å². The molecule has 0 bridgehead atoms. The normalized spacial score (nSPS) is 23.4. The maximum atomic E-state index is 14.7. The molecule has 0 amide bonds. The van der Waals surface area contributed by atoms with Gasteiger partial charge in [-0.05, 0) is 53.3 Å². The Morgan fingerprint density at radius 3 is 1.53 bits per heavy atom. The van der Waals surface area contributed by atoms with E-state index in [1.54, 1.807) is 36.4 Å². The standard InChI is InChI=1S/C38H30Cl2O3/c39-30-20-16-25(17-21-30)32-24-38(43,29-14-8-3-9-15-29)35(37(42)28-12-6-2-7-13-28)33(26-18-22-31(40)23-19-26)34(32)36(41)27-10-4-1-5-11-27/h1-23,32-35,43H,24H2/t32-,33-,34-,35-,38+/m1/s1. The number of carbonyl (C=O) groups is 2. The summed E-state index contributed by atoms with van der Waals surface area (Å²) in [5.41, 5.74) is 1.71. The molecule has 0 spiro atoms. The summed E-state index contributed by atoms with van der Waals surface area (Å²) in [6.07, 6.45) is 0.162. The largest absolute Gasteiger partial charge is 0.384 e. The van der Waals surface area contributed by atoms with Crippen LogP contribution in [0.2, 0.25) is 10.0 Å². The zero-order chi connectivity index (χ0) is 30.0. The predicted octanol–water partition coefficient (Wildman–Crippen LogP) is 9.15. The molecule has 1 aliphatic rings. The van der Waals surface area contributed by atoms with E-state index in [9.17, 15) is 14.7 Å². The van der Waals surface area contributed by atoms with Crippen LogP contribution in [-0.2, 0) is 5.60 Å². The van der Waals surface area contributed by atoms with Gasteiger partial charge in [-0.25, -0.2) is 0 Å². The summed E-state index contributed by atoms with van der Waals surface area (Å²) >= 11 is 12.6. The van der Waals surface area contributed by atoms with Crippen molar-refractivity contribution in [2.24, 2.45) is 11.8 Å². The number of benzene rings is 5. The molecular formula is C38H30Cl2O3. The molecule has 0 radical (unpaired) electrons. The highest BCUT2D eigenvalue weighted by Gasteiger charge is 2.58. The monoisotopic (exact) mass is 604 g/mol. The molecule has 1 N–H and O–H groups in total. The van der Waals surface area contributed by atoms with Crippen LogP contribution in [0.15, 0.2) is 140 Å². The Morgan fingerprint density at radius 1 is 0.581 bits per heavy atom. The second-order valence-electron chi connectivity index (χ2n) is 11.2. The van der Waals surface area contributed by atoms with Crippen LogP contribution in [0.3, 0.4) is 0 Å². The van der Waals surface area contributed by atoms with Gasteiger partial charge in [-0.3, -0.25) is 9.59 Å². The first-order valence-electron chi connectivity index (χ1n) is 14.3. The summed E-state index contributed by atoms with van der Waals surface area (Å²) in [6, 6.07) is 42.3. The van der Waals surface area contributed by atoms with E-state index in [0.717, 1.165) is 11.1 Å². The van der Waals surface area contributed by atoms with Crippen LogP contribution in [0.25, 0.3) is 0 Å². The Labute approximate surface area is 261 Å². The third-order valence-corrected chi connectivity index (χ3v) is 9.26. The van der Waals surface area contributed by atoms with Crippen molar-refractivity contribution in [2.75, 3.05) is 0 Å². The lowest BCUT2D eigenvalue weighted by Crippen LogP contribution is -2.53. The van der Waals surface area contributed by atoms with Gasteiger partial charge < -0.3 is 5.11 Å². The molecule has 5 aromatic rings. The first-order chi connectivity index (χ1) is 20.9. The van der Waals surface area contributed by atoms with Gasteiger partial charge >= 0.3 is 0 Å². The fourth-order valence-corrected chi connectivity index (χ4v) is 7.04. The molecule has 1 saturated carbocycles. The van der Waals surface area contributed by atoms with E-state index in [2.05, 4.69) is 0 Å². The third-order valence-electron chi connectivity index (χ3n) is 8.75. The molecule has 0 aliphatic heterocycles. The quantitative estimate of drug-likeness (QED) is 0.188. The van der Waals surface area contributed by atoms with Gasteiger partial charge in [-0.1, -0.05) is 138 Å². The van der Waals surface area contributed by atoms with Crippen LogP contribution >= 0.6 is 23.2 Å². The van der Waals surface area contributed by atoms with Crippen molar-refractivity contribution in [3.63, 3.8) is 0 Å². The van der Waals surface area contributed by atoms with Gasteiger partial charge in [0, 0.05) is 33.0 Å². The van der Waals surface area contributed by atoms with Crippen LogP contribution in [-0.4, -0.2) is 16.7 Å². The summed E-state index contributed by atoms with van der Waals surface area (Å²) in [5, 5.41) is 14.1. The number of halogens is 2. The molecular weight excluding hydrogens is 575 g/mol. The van der Waals surface area contributed by atoms with Gasteiger partial charge in [-0.2, -0.15) is 0 Å². The Kier molecular flexibility index (Phi) is 8.32. The minimum Gasteiger partial charge on any atom is -0.384 e. The summed E-state index contributed by atoms with van der Waals surface area (Å²) < 4.78 is 0. The average Bonchev–Trinajstić information content (AvgIpc) is 3.05. The predicted molar refractivity (Wildman–Crippen MR) is 172 cm³/mol. The summed E-state index contributed by atoms with van der Waals surface area (Å²) in [5.74, 6) is -3.06. The molecule has 5 atom stereocenters. The Hall–Kier alpha value is -4.02. The zero-order valence-electron chi connectivity index (χ0n) is 23.3. The first kappa shape index (κ1) is 29.1. The first-order valence-corrected chi connectivity index (χ1v) is 15.1. The molecule has 5 heteroatoms. The van der Waals surface area contributed by atoms with Crippen molar-refractivity contribution in [1.29, 1.82) is 0 Å². The second-order valence-corrected chi connectivity index (χ2v) is 12.1. The van der Waals surface area contributed by atoms with E-state index in [0.29, 0.717) is 26.7 Å². The van der Waals surface area contributed by atoms with Crippen molar-refractivity contribution in [2.45, 2.75) is 23.9 Å². The summed E-state index contributed by atoms with van der Waals surface area (Å²) in [6.45, 7) is 0. The van der Waals surface area contributed by atoms with E-state index >= 15 is 0 Å². The third kappa shape index (κ3) is 5.69. The molecule has 43 heavy (non-hydrogen) atoms. The highest BCUT2D eigenvalue weighted by molar-refractivity contribution is 6.30. The number of Topliss-reactive ketones (excluding diaryl/α,β-unsaturated/α-hetero) is 2. The second kappa shape index (κ2) is 12.3. The smallest absolute Gasteiger partial charge is 0.169 e. The van der Waals surface area contributed by atoms with Gasteiger partial charge in [0.05, 0.1) is 5.92 Å². The van der Waals surface area contributed by atoms with Crippen molar-refractivity contribution >= 4 is 34.8 Å². The number of aliphatic hydroxyl groups is 1. The highest BCUT2D eigenvalue weighted by atomic mass is 35.5. The fraction of sp³-hybridized carbons (Fsp3) is 0.158. The van der Waals surface area contributed by atoms with Gasteiger partial charge in [0.2, 0.25) is 0 Å². The lowest BCUT2D eigenvalue weighted by Gasteiger charge is -2.51. The van der Waals surface area contributed by atoms with Gasteiger partial charge in [-0.15, -0.1) is 0 Å². The molecule has 0 saturated heterocycles. The van der Waals surface area contributed by atoms with E-state index < -0.39 is 29.3 Å². The van der Waals surface area contributed by atoms with E-state index in [1.807, 2.05) is 103 Å². The molecule has 1 aliphatic carbocycles. The Balaban J connectivity index is 1.65. The lowest BCUT2D eigenvalue weighted by atomic mass is 9.52. The van der Waals surface area contributed by atoms with Crippen molar-refractivity contribution in [3.05, 3.63) is 177 Å². The van der Waals surface area contributed by atoms with E-state index in [4.69, 9.17) is 23.2 Å². The average molecular weight is 606 g/mol. The zero-order valence-corrected chi connectivity index (χ0v) is 24.8. The fourth-order valence-electron chi connectivity index (χ4n) is 6.79. The molecule has 0 aromatic heterocycles. The molecule has 6 rings (SSSR count). The van der Waals surface area contributed by atoms with Crippen LogP contribution < -0.4 is 0 Å². The van der Waals surface area contributed by atoms with Crippen molar-refractivity contribution in [1.82, 2.24) is 0 Å².